The van der Waals surface area contributed by atoms with Crippen molar-refractivity contribution in [1.29, 1.82) is 0 Å². The van der Waals surface area contributed by atoms with Gasteiger partial charge in [0, 0.05) is 14.2 Å². The average Bonchev–Trinajstić information content (AvgIpc) is 2.17. The highest BCUT2D eigenvalue weighted by Gasteiger charge is 2.28. The number of esters is 1. The van der Waals surface area contributed by atoms with Gasteiger partial charge in [-0.05, 0) is 6.92 Å². The molecule has 2 N–H and O–H groups in total. The minimum Gasteiger partial charge on any atom is -0.469 e. The lowest BCUT2D eigenvalue weighted by Crippen LogP contribution is -2.53. The molecular formula is C8H18N2O4. The molecule has 0 aliphatic rings. The maximum atomic E-state index is 11.0. The summed E-state index contributed by atoms with van der Waals surface area (Å²) in [6.07, 6.45) is 0.0599. The van der Waals surface area contributed by atoms with Crippen LogP contribution in [0.2, 0.25) is 0 Å². The van der Waals surface area contributed by atoms with Crippen LogP contribution in [-0.2, 0) is 14.3 Å². The first-order chi connectivity index (χ1) is 6.47. The molecule has 14 heavy (non-hydrogen) atoms. The van der Waals surface area contributed by atoms with Crippen molar-refractivity contribution in [2.24, 2.45) is 0 Å². The molecule has 0 rings (SSSR count). The number of carbonyl (C=O) groups is 1. The van der Waals surface area contributed by atoms with Crippen molar-refractivity contribution in [3.8, 4) is 0 Å². The van der Waals surface area contributed by atoms with Crippen LogP contribution in [0.5, 0.6) is 0 Å². The Kier molecular flexibility index (Phi) is 5.63. The number of aliphatic hydroxyl groups excluding tert-OH is 1. The monoisotopic (exact) mass is 206 g/mol. The van der Waals surface area contributed by atoms with Crippen LogP contribution in [-0.4, -0.2) is 49.8 Å². The van der Waals surface area contributed by atoms with Crippen molar-refractivity contribution in [3.63, 3.8) is 0 Å². The van der Waals surface area contributed by atoms with E-state index in [0.717, 1.165) is 0 Å². The Morgan fingerprint density at radius 2 is 2.14 bits per heavy atom. The highest BCUT2D eigenvalue weighted by molar-refractivity contribution is 5.70. The van der Waals surface area contributed by atoms with E-state index in [9.17, 15) is 4.79 Å². The molecule has 6 nitrogen and oxygen atoms in total. The summed E-state index contributed by atoms with van der Waals surface area (Å²) in [7, 11) is 4.42. The van der Waals surface area contributed by atoms with Gasteiger partial charge in [-0.1, -0.05) is 0 Å². The van der Waals surface area contributed by atoms with Gasteiger partial charge < -0.3 is 14.6 Å². The summed E-state index contributed by atoms with van der Waals surface area (Å²) in [5.41, 5.74) is 1.95. The van der Waals surface area contributed by atoms with Gasteiger partial charge >= 0.3 is 5.97 Å². The Balaban J connectivity index is 4.24. The van der Waals surface area contributed by atoms with E-state index in [2.05, 4.69) is 10.2 Å². The van der Waals surface area contributed by atoms with E-state index in [4.69, 9.17) is 9.84 Å². The number of hydrogen-bond donors (Lipinski definition) is 2. The van der Waals surface area contributed by atoms with E-state index in [-0.39, 0.29) is 19.1 Å². The SMILES string of the molecule is COC(=O)CC(C)(NN(C)CO)OC. The lowest BCUT2D eigenvalue weighted by molar-refractivity contribution is -0.154. The molecule has 1 unspecified atom stereocenters. The first-order valence-electron chi connectivity index (χ1n) is 4.19. The first kappa shape index (κ1) is 13.3. The molecule has 0 spiro atoms. The minimum absolute atomic E-state index is 0.0599. The zero-order valence-electron chi connectivity index (χ0n) is 9.03. The molecule has 0 aromatic heterocycles. The number of aliphatic hydroxyl groups is 1. The molecule has 0 aliphatic carbocycles. The molecule has 0 aliphatic heterocycles. The number of hydrazine groups is 1. The Morgan fingerprint density at radius 3 is 2.50 bits per heavy atom. The number of hydrogen-bond acceptors (Lipinski definition) is 6. The van der Waals surface area contributed by atoms with Crippen LogP contribution in [0, 0.1) is 0 Å². The topological polar surface area (TPSA) is 71.0 Å². The van der Waals surface area contributed by atoms with Crippen LogP contribution in [0.1, 0.15) is 13.3 Å². The van der Waals surface area contributed by atoms with E-state index >= 15 is 0 Å². The van der Waals surface area contributed by atoms with Crippen LogP contribution in [0.3, 0.4) is 0 Å². The summed E-state index contributed by atoms with van der Waals surface area (Å²) >= 11 is 0. The Labute approximate surface area is 83.8 Å². The fourth-order valence-corrected chi connectivity index (χ4v) is 0.944. The molecule has 0 saturated carbocycles. The Hall–Kier alpha value is -0.690. The molecule has 0 radical (unpaired) electrons. The van der Waals surface area contributed by atoms with Gasteiger partial charge in [-0.3, -0.25) is 4.79 Å². The predicted octanol–water partition coefficient (Wildman–Crippen LogP) is -0.702. The lowest BCUT2D eigenvalue weighted by Gasteiger charge is -2.32. The van der Waals surface area contributed by atoms with E-state index in [1.165, 1.54) is 19.2 Å². The predicted molar refractivity (Wildman–Crippen MR) is 50.0 cm³/mol. The summed E-state index contributed by atoms with van der Waals surface area (Å²) in [6, 6.07) is 0. The third kappa shape index (κ3) is 4.52. The minimum atomic E-state index is -0.870. The lowest BCUT2D eigenvalue weighted by atomic mass is 10.2. The zero-order valence-corrected chi connectivity index (χ0v) is 9.03. The second kappa shape index (κ2) is 5.92. The van der Waals surface area contributed by atoms with E-state index in [0.29, 0.717) is 0 Å². The van der Waals surface area contributed by atoms with E-state index in [1.54, 1.807) is 14.0 Å². The molecule has 0 fully saturated rings. The zero-order chi connectivity index (χ0) is 11.2. The van der Waals surface area contributed by atoms with Crippen molar-refractivity contribution < 1.29 is 19.4 Å². The molecule has 0 amide bonds. The normalized spacial score (nSPS) is 15.3. The van der Waals surface area contributed by atoms with Gasteiger partial charge in [-0.25, -0.2) is 10.4 Å². The second-order valence-electron chi connectivity index (χ2n) is 3.14. The van der Waals surface area contributed by atoms with Crippen molar-refractivity contribution in [1.82, 2.24) is 10.4 Å². The number of methoxy groups -OCH3 is 2. The molecule has 0 saturated heterocycles. The largest absolute Gasteiger partial charge is 0.469 e. The van der Waals surface area contributed by atoms with Gasteiger partial charge in [0.1, 0.15) is 12.5 Å². The van der Waals surface area contributed by atoms with Crippen LogP contribution in [0.15, 0.2) is 0 Å². The molecular weight excluding hydrogens is 188 g/mol. The number of rotatable bonds is 6. The van der Waals surface area contributed by atoms with Gasteiger partial charge in [0.25, 0.3) is 0 Å². The second-order valence-corrected chi connectivity index (χ2v) is 3.14. The molecule has 0 aromatic rings. The van der Waals surface area contributed by atoms with Crippen molar-refractivity contribution in [2.45, 2.75) is 19.1 Å². The van der Waals surface area contributed by atoms with Crippen LogP contribution in [0.4, 0.5) is 0 Å². The number of ether oxygens (including phenoxy) is 2. The fourth-order valence-electron chi connectivity index (χ4n) is 0.944. The Morgan fingerprint density at radius 1 is 1.57 bits per heavy atom. The molecule has 6 heteroatoms. The molecule has 1 atom stereocenters. The maximum absolute atomic E-state index is 11.0. The maximum Gasteiger partial charge on any atom is 0.309 e. The third-order valence-corrected chi connectivity index (χ3v) is 1.80. The van der Waals surface area contributed by atoms with Crippen molar-refractivity contribution >= 4 is 5.97 Å². The molecule has 0 bridgehead atoms. The standard InChI is InChI=1S/C8H18N2O4/c1-8(14-4,5-7(12)13-3)9-10(2)6-11/h9,11H,5-6H2,1-4H3. The van der Waals surface area contributed by atoms with E-state index < -0.39 is 5.72 Å². The highest BCUT2D eigenvalue weighted by atomic mass is 16.5. The molecule has 0 aromatic carbocycles. The average molecular weight is 206 g/mol. The van der Waals surface area contributed by atoms with Crippen molar-refractivity contribution in [2.75, 3.05) is 28.0 Å². The summed E-state index contributed by atoms with van der Waals surface area (Å²) in [4.78, 5) is 11.0. The summed E-state index contributed by atoms with van der Waals surface area (Å²) in [6.45, 7) is 1.51. The highest BCUT2D eigenvalue weighted by Crippen LogP contribution is 2.11. The van der Waals surface area contributed by atoms with Crippen LogP contribution < -0.4 is 5.43 Å². The Bertz CT molecular complexity index is 188. The number of nitrogens with one attached hydrogen (secondary N) is 1. The van der Waals surface area contributed by atoms with Gasteiger partial charge in [0.2, 0.25) is 0 Å². The smallest absolute Gasteiger partial charge is 0.309 e. The van der Waals surface area contributed by atoms with Gasteiger partial charge in [0.05, 0.1) is 13.5 Å². The molecule has 0 heterocycles. The van der Waals surface area contributed by atoms with Gasteiger partial charge in [0.15, 0.2) is 0 Å². The van der Waals surface area contributed by atoms with Crippen LogP contribution in [0.25, 0.3) is 0 Å². The third-order valence-electron chi connectivity index (χ3n) is 1.80. The summed E-state index contributed by atoms with van der Waals surface area (Å²) in [5, 5.41) is 10.2. The van der Waals surface area contributed by atoms with Gasteiger partial charge in [-0.2, -0.15) is 0 Å². The summed E-state index contributed by atoms with van der Waals surface area (Å²) in [5.74, 6) is -0.381. The quantitative estimate of drug-likeness (QED) is 0.340. The number of carbonyl (C=O) groups excluding carboxylic acids is 1. The first-order valence-corrected chi connectivity index (χ1v) is 4.19. The molecule has 84 valence electrons. The fraction of sp³-hybridized carbons (Fsp3) is 0.875. The van der Waals surface area contributed by atoms with Gasteiger partial charge in [-0.15, -0.1) is 0 Å². The summed E-state index contributed by atoms with van der Waals surface area (Å²) < 4.78 is 9.64. The number of nitrogens with zero attached hydrogens (tertiary/aromatic N) is 1. The van der Waals surface area contributed by atoms with Crippen molar-refractivity contribution in [3.05, 3.63) is 0 Å². The van der Waals surface area contributed by atoms with E-state index in [1.807, 2.05) is 0 Å². The van der Waals surface area contributed by atoms with Crippen LogP contribution >= 0.6 is 0 Å².